The molecule has 3 aromatic rings. The van der Waals surface area contributed by atoms with Crippen molar-refractivity contribution in [2.24, 2.45) is 11.8 Å². The van der Waals surface area contributed by atoms with Crippen LogP contribution in [0.3, 0.4) is 0 Å². The van der Waals surface area contributed by atoms with Crippen LogP contribution in [0.4, 0.5) is 16.3 Å². The monoisotopic (exact) mass is 581 g/mol. The Balaban J connectivity index is 1.06. The van der Waals surface area contributed by atoms with Crippen LogP contribution in [0.5, 0.6) is 0 Å². The molecule has 2 aromatic carbocycles. The Kier molecular flexibility index (Phi) is 8.34. The first kappa shape index (κ1) is 29.5. The van der Waals surface area contributed by atoms with E-state index in [1.807, 2.05) is 42.5 Å². The van der Waals surface area contributed by atoms with Gasteiger partial charge in [-0.2, -0.15) is 5.10 Å². The van der Waals surface area contributed by atoms with Crippen LogP contribution in [-0.4, -0.2) is 38.7 Å². The molecule has 2 unspecified atom stereocenters. The third-order valence-electron chi connectivity index (χ3n) is 9.77. The summed E-state index contributed by atoms with van der Waals surface area (Å²) in [7, 11) is 0. The van der Waals surface area contributed by atoms with E-state index in [4.69, 9.17) is 5.10 Å². The first-order valence-corrected chi connectivity index (χ1v) is 16.3. The van der Waals surface area contributed by atoms with Gasteiger partial charge in [-0.15, -0.1) is 0 Å². The molecule has 1 aliphatic carbocycles. The van der Waals surface area contributed by atoms with Crippen LogP contribution in [0, 0.1) is 18.8 Å². The average Bonchev–Trinajstić information content (AvgIpc) is 3.53. The van der Waals surface area contributed by atoms with Crippen molar-refractivity contribution in [2.45, 2.75) is 109 Å². The van der Waals surface area contributed by atoms with Gasteiger partial charge in [0.25, 0.3) is 0 Å². The Morgan fingerprint density at radius 1 is 0.860 bits per heavy atom. The van der Waals surface area contributed by atoms with Crippen LogP contribution in [0.2, 0.25) is 0 Å². The van der Waals surface area contributed by atoms with Crippen LogP contribution in [-0.2, 0) is 16.6 Å². The van der Waals surface area contributed by atoms with Crippen LogP contribution >= 0.6 is 0 Å². The van der Waals surface area contributed by atoms with Gasteiger partial charge >= 0.3 is 6.03 Å². The molecule has 2 saturated heterocycles. The Hall–Kier alpha value is -3.61. The smallest absolute Gasteiger partial charge is 0.324 e. The van der Waals surface area contributed by atoms with Crippen molar-refractivity contribution in [3.63, 3.8) is 0 Å². The van der Waals surface area contributed by atoms with Crippen molar-refractivity contribution in [1.29, 1.82) is 0 Å². The second kappa shape index (κ2) is 12.2. The Morgan fingerprint density at radius 3 is 2.14 bits per heavy atom. The predicted octanol–water partition coefficient (Wildman–Crippen LogP) is 8.01. The summed E-state index contributed by atoms with van der Waals surface area (Å²) in [4.78, 5) is 28.7. The molecule has 7 nitrogen and oxygen atoms in total. The molecule has 6 rings (SSSR count). The minimum absolute atomic E-state index is 0.153. The van der Waals surface area contributed by atoms with Gasteiger partial charge in [-0.3, -0.25) is 10.1 Å². The quantitative estimate of drug-likeness (QED) is 0.309. The second-order valence-electron chi connectivity index (χ2n) is 14.2. The molecule has 0 radical (unpaired) electrons. The zero-order valence-corrected chi connectivity index (χ0v) is 26.2. The number of aromatic nitrogens is 2. The summed E-state index contributed by atoms with van der Waals surface area (Å²) in [6, 6.07) is 18.9. The summed E-state index contributed by atoms with van der Waals surface area (Å²) >= 11 is 0. The van der Waals surface area contributed by atoms with Crippen molar-refractivity contribution in [1.82, 2.24) is 14.7 Å². The number of aryl methyl sites for hydroxylation is 1. The molecule has 1 saturated carbocycles. The average molecular weight is 582 g/mol. The molecule has 0 spiro atoms. The predicted molar refractivity (Wildman–Crippen MR) is 173 cm³/mol. The number of carbonyl (C=O) groups excluding carboxylic acids is 2. The number of carbonyl (C=O) groups is 2. The molecular formula is C36H47N5O2. The number of piperidine rings is 1. The molecule has 1 aromatic heterocycles. The van der Waals surface area contributed by atoms with Crippen molar-refractivity contribution in [2.75, 3.05) is 10.6 Å². The van der Waals surface area contributed by atoms with E-state index in [2.05, 4.69) is 55.4 Å². The van der Waals surface area contributed by atoms with Crippen molar-refractivity contribution in [3.8, 4) is 5.69 Å². The lowest BCUT2D eigenvalue weighted by Crippen LogP contribution is -2.49. The summed E-state index contributed by atoms with van der Waals surface area (Å²) in [5.74, 6) is 1.96. The third kappa shape index (κ3) is 6.66. The van der Waals surface area contributed by atoms with E-state index in [1.165, 1.54) is 30.4 Å². The maximum absolute atomic E-state index is 13.3. The second-order valence-corrected chi connectivity index (χ2v) is 14.2. The summed E-state index contributed by atoms with van der Waals surface area (Å²) in [6.45, 7) is 8.40. The molecular weight excluding hydrogens is 534 g/mol. The minimum atomic E-state index is -0.298. The highest BCUT2D eigenvalue weighted by molar-refractivity contribution is 5.99. The van der Waals surface area contributed by atoms with Crippen LogP contribution < -0.4 is 10.6 Å². The van der Waals surface area contributed by atoms with Gasteiger partial charge in [-0.1, -0.05) is 69.9 Å². The molecule has 7 heteroatoms. The number of benzene rings is 2. The SMILES string of the molecule is Cc1ccc(-n2nc(C(C)(C)C)cc2NC(=O)Nc2ccc(CC3CC4CCC(C3)N4C(=O)C3CCCCC3)cc2)cc1. The molecule has 3 aliphatic rings. The molecule has 2 bridgehead atoms. The van der Waals surface area contributed by atoms with E-state index >= 15 is 0 Å². The van der Waals surface area contributed by atoms with E-state index in [9.17, 15) is 9.59 Å². The molecule has 43 heavy (non-hydrogen) atoms. The molecule has 228 valence electrons. The van der Waals surface area contributed by atoms with Gasteiger partial charge in [0.15, 0.2) is 0 Å². The fourth-order valence-electron chi connectivity index (χ4n) is 7.43. The Bertz CT molecular complexity index is 1420. The normalized spacial score (nSPS) is 22.4. The number of hydrogen-bond donors (Lipinski definition) is 2. The highest BCUT2D eigenvalue weighted by Crippen LogP contribution is 2.42. The maximum atomic E-state index is 13.3. The molecule has 3 amide bonds. The first-order chi connectivity index (χ1) is 20.6. The molecule has 2 N–H and O–H groups in total. The summed E-state index contributed by atoms with van der Waals surface area (Å²) in [6.07, 6.45) is 11.5. The fourth-order valence-corrected chi connectivity index (χ4v) is 7.43. The van der Waals surface area contributed by atoms with Gasteiger partial charge in [0.05, 0.1) is 11.4 Å². The van der Waals surface area contributed by atoms with Gasteiger partial charge in [-0.25, -0.2) is 9.48 Å². The van der Waals surface area contributed by atoms with E-state index < -0.39 is 0 Å². The van der Waals surface area contributed by atoms with E-state index in [1.54, 1.807) is 4.68 Å². The highest BCUT2D eigenvalue weighted by atomic mass is 16.2. The Labute approximate surface area is 256 Å². The van der Waals surface area contributed by atoms with E-state index in [0.717, 1.165) is 62.0 Å². The number of anilines is 2. The van der Waals surface area contributed by atoms with E-state index in [0.29, 0.717) is 29.7 Å². The van der Waals surface area contributed by atoms with Crippen molar-refractivity contribution < 1.29 is 9.59 Å². The van der Waals surface area contributed by atoms with Gasteiger partial charge in [0.1, 0.15) is 5.82 Å². The lowest BCUT2D eigenvalue weighted by atomic mass is 9.83. The van der Waals surface area contributed by atoms with E-state index in [-0.39, 0.29) is 17.4 Å². The number of amides is 3. The Morgan fingerprint density at radius 2 is 1.51 bits per heavy atom. The van der Waals surface area contributed by atoms with Crippen LogP contribution in [0.15, 0.2) is 54.6 Å². The number of hydrogen-bond acceptors (Lipinski definition) is 3. The number of urea groups is 1. The summed E-state index contributed by atoms with van der Waals surface area (Å²) < 4.78 is 1.80. The zero-order valence-electron chi connectivity index (χ0n) is 26.2. The standard InChI is InChI=1S/C36H47N5O2/c1-24-10-16-29(17-11-24)41-33(23-32(39-41)36(2,3)4)38-35(43)37-28-14-12-25(13-15-28)20-26-21-30-18-19-31(22-26)40(30)34(42)27-8-6-5-7-9-27/h10-17,23,26-27,30-31H,5-9,18-22H2,1-4H3,(H2,37,38,43). The molecule has 2 aliphatic heterocycles. The largest absolute Gasteiger partial charge is 0.336 e. The summed E-state index contributed by atoms with van der Waals surface area (Å²) in [5, 5.41) is 10.8. The van der Waals surface area contributed by atoms with Crippen LogP contribution in [0.1, 0.15) is 95.4 Å². The maximum Gasteiger partial charge on any atom is 0.324 e. The number of nitrogens with zero attached hydrogens (tertiary/aromatic N) is 3. The lowest BCUT2D eigenvalue weighted by Gasteiger charge is -2.41. The third-order valence-corrected chi connectivity index (χ3v) is 9.77. The number of rotatable bonds is 6. The molecule has 3 heterocycles. The van der Waals surface area contributed by atoms with Gasteiger partial charge in [0, 0.05) is 35.2 Å². The lowest BCUT2D eigenvalue weighted by molar-refractivity contribution is -0.141. The van der Waals surface area contributed by atoms with Crippen molar-refractivity contribution in [3.05, 3.63) is 71.4 Å². The van der Waals surface area contributed by atoms with Crippen molar-refractivity contribution >= 4 is 23.4 Å². The van der Waals surface area contributed by atoms with Gasteiger partial charge in [0.2, 0.25) is 5.91 Å². The topological polar surface area (TPSA) is 79.3 Å². The number of nitrogens with one attached hydrogen (secondary N) is 2. The van der Waals surface area contributed by atoms with Gasteiger partial charge < -0.3 is 10.2 Å². The zero-order chi connectivity index (χ0) is 30.1. The summed E-state index contributed by atoms with van der Waals surface area (Å²) in [5.41, 5.74) is 4.87. The molecule has 3 fully saturated rings. The highest BCUT2D eigenvalue weighted by Gasteiger charge is 2.44. The molecule has 2 atom stereocenters. The van der Waals surface area contributed by atoms with Crippen LogP contribution in [0.25, 0.3) is 5.69 Å². The minimum Gasteiger partial charge on any atom is -0.336 e. The number of fused-ring (bicyclic) bond motifs is 2. The first-order valence-electron chi connectivity index (χ1n) is 16.3. The fraction of sp³-hybridized carbons (Fsp3) is 0.528. The van der Waals surface area contributed by atoms with Gasteiger partial charge in [-0.05, 0) is 87.6 Å².